The highest BCUT2D eigenvalue weighted by atomic mass is 35.5. The number of furan rings is 1. The number of hydrogen-bond donors (Lipinski definition) is 1. The van der Waals surface area contributed by atoms with E-state index < -0.39 is 10.0 Å². The van der Waals surface area contributed by atoms with Gasteiger partial charge in [0.15, 0.2) is 5.78 Å². The van der Waals surface area contributed by atoms with Gasteiger partial charge in [0.2, 0.25) is 0 Å². The van der Waals surface area contributed by atoms with Gasteiger partial charge >= 0.3 is 0 Å². The number of carbonyl (C=O) groups is 1. The van der Waals surface area contributed by atoms with Gasteiger partial charge in [-0.05, 0) is 35.7 Å². The lowest BCUT2D eigenvalue weighted by Gasteiger charge is -2.27. The molecule has 0 fully saturated rings. The van der Waals surface area contributed by atoms with Gasteiger partial charge in [-0.2, -0.15) is 0 Å². The number of sulfonamides is 1. The van der Waals surface area contributed by atoms with Crippen molar-refractivity contribution in [2.24, 2.45) is 5.41 Å². The van der Waals surface area contributed by atoms with Crippen LogP contribution in [0.1, 0.15) is 36.4 Å². The summed E-state index contributed by atoms with van der Waals surface area (Å²) in [5.41, 5.74) is 1.40. The molecular weight excluding hydrogens is 434 g/mol. The number of carbonyl (C=O) groups excluding carboxylic acids is 1. The quantitative estimate of drug-likeness (QED) is 0.401. The maximum absolute atomic E-state index is 13.0. The SMILES string of the molecule is CC1(C)CC(=O)c2c(oc3c2cc(NS(=O)(=O)c2ccc(Cl)cc2)c2ccccc23)C1. The lowest BCUT2D eigenvalue weighted by molar-refractivity contribution is 0.0906. The molecule has 0 spiro atoms. The lowest BCUT2D eigenvalue weighted by Crippen LogP contribution is -2.25. The number of ketones is 1. The van der Waals surface area contributed by atoms with E-state index in [1.54, 1.807) is 6.07 Å². The Labute approximate surface area is 185 Å². The van der Waals surface area contributed by atoms with Crippen LogP contribution in [-0.2, 0) is 16.4 Å². The van der Waals surface area contributed by atoms with Crippen molar-refractivity contribution in [2.45, 2.75) is 31.6 Å². The summed E-state index contributed by atoms with van der Waals surface area (Å²) in [5.74, 6) is 0.686. The smallest absolute Gasteiger partial charge is 0.261 e. The van der Waals surface area contributed by atoms with Gasteiger partial charge in [-0.3, -0.25) is 9.52 Å². The molecule has 0 bridgehead atoms. The van der Waals surface area contributed by atoms with Crippen molar-refractivity contribution < 1.29 is 17.6 Å². The van der Waals surface area contributed by atoms with E-state index in [9.17, 15) is 13.2 Å². The second-order valence-electron chi connectivity index (χ2n) is 8.75. The molecule has 0 aliphatic heterocycles. The van der Waals surface area contributed by atoms with E-state index in [1.807, 2.05) is 38.1 Å². The summed E-state index contributed by atoms with van der Waals surface area (Å²) in [7, 11) is -3.85. The predicted molar refractivity (Wildman–Crippen MR) is 122 cm³/mol. The fourth-order valence-electron chi connectivity index (χ4n) is 4.32. The van der Waals surface area contributed by atoms with Crippen LogP contribution in [0.2, 0.25) is 5.02 Å². The highest BCUT2D eigenvalue weighted by Crippen LogP contribution is 2.43. The Bertz CT molecular complexity index is 1470. The normalized spacial score (nSPS) is 15.9. The van der Waals surface area contributed by atoms with Crippen molar-refractivity contribution in [3.8, 4) is 0 Å². The van der Waals surface area contributed by atoms with Gasteiger partial charge in [0.05, 0.1) is 16.1 Å². The summed E-state index contributed by atoms with van der Waals surface area (Å²) in [5, 5.41) is 2.56. The summed E-state index contributed by atoms with van der Waals surface area (Å²) in [4.78, 5) is 13.1. The first-order chi connectivity index (χ1) is 14.6. The highest BCUT2D eigenvalue weighted by Gasteiger charge is 2.35. The molecule has 0 amide bonds. The van der Waals surface area contributed by atoms with Crippen LogP contribution in [-0.4, -0.2) is 14.2 Å². The van der Waals surface area contributed by atoms with Gasteiger partial charge in [-0.1, -0.05) is 49.7 Å². The Morgan fingerprint density at radius 3 is 2.35 bits per heavy atom. The molecule has 0 radical (unpaired) electrons. The molecule has 1 heterocycles. The van der Waals surface area contributed by atoms with Crippen LogP contribution < -0.4 is 4.72 Å². The van der Waals surface area contributed by atoms with E-state index in [-0.39, 0.29) is 16.1 Å². The van der Waals surface area contributed by atoms with E-state index in [0.29, 0.717) is 51.2 Å². The fraction of sp³-hybridized carbons (Fsp3) is 0.208. The van der Waals surface area contributed by atoms with E-state index in [0.717, 1.165) is 5.39 Å². The van der Waals surface area contributed by atoms with E-state index in [4.69, 9.17) is 16.0 Å². The topological polar surface area (TPSA) is 76.4 Å². The van der Waals surface area contributed by atoms with Crippen molar-refractivity contribution in [3.63, 3.8) is 0 Å². The molecule has 7 heteroatoms. The van der Waals surface area contributed by atoms with Crippen LogP contribution in [0.25, 0.3) is 21.7 Å². The molecule has 31 heavy (non-hydrogen) atoms. The summed E-state index contributed by atoms with van der Waals surface area (Å²) in [6, 6.07) is 15.1. The number of nitrogens with one attached hydrogen (secondary N) is 1. The molecular formula is C24H20ClNO4S. The Morgan fingerprint density at radius 2 is 1.65 bits per heavy atom. The molecule has 4 aromatic rings. The maximum Gasteiger partial charge on any atom is 0.261 e. The van der Waals surface area contributed by atoms with Crippen LogP contribution in [0.4, 0.5) is 5.69 Å². The third-order valence-electron chi connectivity index (χ3n) is 5.69. The molecule has 1 N–H and O–H groups in total. The molecule has 0 saturated heterocycles. The first-order valence-electron chi connectivity index (χ1n) is 9.93. The van der Waals surface area contributed by atoms with E-state index in [2.05, 4.69) is 4.72 Å². The monoisotopic (exact) mass is 453 g/mol. The van der Waals surface area contributed by atoms with Crippen molar-refractivity contribution in [2.75, 3.05) is 4.72 Å². The van der Waals surface area contributed by atoms with Crippen LogP contribution in [0.3, 0.4) is 0 Å². The van der Waals surface area contributed by atoms with Gasteiger partial charge in [-0.25, -0.2) is 8.42 Å². The molecule has 1 aromatic heterocycles. The van der Waals surface area contributed by atoms with Crippen molar-refractivity contribution in [1.82, 2.24) is 0 Å². The van der Waals surface area contributed by atoms with Gasteiger partial charge < -0.3 is 4.42 Å². The Morgan fingerprint density at radius 1 is 0.968 bits per heavy atom. The Kier molecular flexibility index (Phi) is 4.43. The first kappa shape index (κ1) is 20.1. The van der Waals surface area contributed by atoms with Crippen LogP contribution in [0, 0.1) is 5.41 Å². The summed E-state index contributed by atoms with van der Waals surface area (Å²) < 4.78 is 34.9. The van der Waals surface area contributed by atoms with Crippen molar-refractivity contribution >= 4 is 54.8 Å². The number of rotatable bonds is 3. The minimum atomic E-state index is -3.85. The zero-order valence-electron chi connectivity index (χ0n) is 17.0. The maximum atomic E-state index is 13.0. The van der Waals surface area contributed by atoms with Crippen LogP contribution >= 0.6 is 11.6 Å². The third kappa shape index (κ3) is 3.40. The Hall–Kier alpha value is -2.83. The largest absolute Gasteiger partial charge is 0.460 e. The molecule has 3 aromatic carbocycles. The highest BCUT2D eigenvalue weighted by molar-refractivity contribution is 7.92. The number of Topliss-reactive ketones (excluding diaryl/α,β-unsaturated/α-hetero) is 1. The average Bonchev–Trinajstić information content (AvgIpc) is 3.05. The molecule has 1 aliphatic rings. The van der Waals surface area contributed by atoms with Crippen LogP contribution in [0.15, 0.2) is 63.9 Å². The van der Waals surface area contributed by atoms with Crippen LogP contribution in [0.5, 0.6) is 0 Å². The summed E-state index contributed by atoms with van der Waals surface area (Å²) >= 11 is 5.90. The van der Waals surface area contributed by atoms with E-state index in [1.165, 1.54) is 24.3 Å². The molecule has 0 saturated carbocycles. The number of anilines is 1. The number of halogens is 1. The minimum Gasteiger partial charge on any atom is -0.460 e. The second kappa shape index (κ2) is 6.84. The number of fused-ring (bicyclic) bond motifs is 5. The minimum absolute atomic E-state index is 0.0202. The molecule has 158 valence electrons. The lowest BCUT2D eigenvalue weighted by atomic mass is 9.76. The molecule has 0 unspecified atom stereocenters. The fourth-order valence-corrected chi connectivity index (χ4v) is 5.52. The molecule has 5 nitrogen and oxygen atoms in total. The van der Waals surface area contributed by atoms with E-state index >= 15 is 0 Å². The van der Waals surface area contributed by atoms with Crippen molar-refractivity contribution in [3.05, 3.63) is 70.9 Å². The first-order valence-corrected chi connectivity index (χ1v) is 11.8. The Balaban J connectivity index is 1.72. The molecule has 1 aliphatic carbocycles. The van der Waals surface area contributed by atoms with Gasteiger partial charge in [-0.15, -0.1) is 0 Å². The molecule has 5 rings (SSSR count). The predicted octanol–water partition coefficient (Wildman–Crippen LogP) is 6.20. The second-order valence-corrected chi connectivity index (χ2v) is 10.9. The number of benzene rings is 3. The summed E-state index contributed by atoms with van der Waals surface area (Å²) in [6.45, 7) is 4.09. The summed E-state index contributed by atoms with van der Waals surface area (Å²) in [6.07, 6.45) is 1.08. The standard InChI is InChI=1S/C24H20ClNO4S/c1-24(2)12-20(27)22-18-11-19(26-31(28,29)15-9-7-14(25)8-10-15)16-5-3-4-6-17(16)23(18)30-21(22)13-24/h3-11,26H,12-13H2,1-2H3. The van der Waals surface area contributed by atoms with Gasteiger partial charge in [0.25, 0.3) is 10.0 Å². The molecule has 0 atom stereocenters. The zero-order valence-corrected chi connectivity index (χ0v) is 18.6. The van der Waals surface area contributed by atoms with Gasteiger partial charge in [0.1, 0.15) is 11.3 Å². The zero-order chi connectivity index (χ0) is 22.0. The number of hydrogen-bond acceptors (Lipinski definition) is 4. The van der Waals surface area contributed by atoms with Crippen molar-refractivity contribution in [1.29, 1.82) is 0 Å². The third-order valence-corrected chi connectivity index (χ3v) is 7.33. The van der Waals surface area contributed by atoms with Gasteiger partial charge in [0, 0.05) is 34.0 Å². The average molecular weight is 454 g/mol.